The van der Waals surface area contributed by atoms with Gasteiger partial charge in [-0.3, -0.25) is 9.63 Å². The minimum atomic E-state index is -0.466. The van der Waals surface area contributed by atoms with Crippen LogP contribution in [0.25, 0.3) is 0 Å². The number of amides is 1. The normalized spacial score (nSPS) is 10.6. The SMILES string of the molecule is CC(C)CONC(=O)c1cc(F)ccc1Br. The third-order valence-electron chi connectivity index (χ3n) is 1.75. The zero-order valence-corrected chi connectivity index (χ0v) is 10.7. The Morgan fingerprint density at radius 3 is 2.88 bits per heavy atom. The summed E-state index contributed by atoms with van der Waals surface area (Å²) in [5.41, 5.74) is 2.47. The van der Waals surface area contributed by atoms with E-state index in [2.05, 4.69) is 21.4 Å². The number of benzene rings is 1. The van der Waals surface area contributed by atoms with Crippen LogP contribution in [0.3, 0.4) is 0 Å². The summed E-state index contributed by atoms with van der Waals surface area (Å²) in [6, 6.07) is 3.90. The Morgan fingerprint density at radius 2 is 2.25 bits per heavy atom. The average Bonchev–Trinajstić information content (AvgIpc) is 2.21. The van der Waals surface area contributed by atoms with Gasteiger partial charge in [-0.2, -0.15) is 0 Å². The van der Waals surface area contributed by atoms with Crippen molar-refractivity contribution >= 4 is 21.8 Å². The van der Waals surface area contributed by atoms with E-state index in [4.69, 9.17) is 4.84 Å². The van der Waals surface area contributed by atoms with Gasteiger partial charge in [0.1, 0.15) is 5.82 Å². The summed E-state index contributed by atoms with van der Waals surface area (Å²) < 4.78 is 13.4. The summed E-state index contributed by atoms with van der Waals surface area (Å²) >= 11 is 3.17. The molecular formula is C11H13BrFNO2. The first-order valence-corrected chi connectivity index (χ1v) is 5.67. The number of halogens is 2. The summed E-state index contributed by atoms with van der Waals surface area (Å²) in [5.74, 6) is -0.611. The molecule has 1 aromatic carbocycles. The highest BCUT2D eigenvalue weighted by Gasteiger charge is 2.11. The number of carbonyl (C=O) groups excluding carboxylic acids is 1. The van der Waals surface area contributed by atoms with Gasteiger partial charge in [-0.1, -0.05) is 13.8 Å². The summed E-state index contributed by atoms with van der Waals surface area (Å²) in [6.07, 6.45) is 0. The van der Waals surface area contributed by atoms with Crippen LogP contribution in [0.5, 0.6) is 0 Å². The lowest BCUT2D eigenvalue weighted by molar-refractivity contribution is 0.0208. The monoisotopic (exact) mass is 289 g/mol. The van der Waals surface area contributed by atoms with Crippen molar-refractivity contribution in [3.05, 3.63) is 34.1 Å². The molecule has 0 atom stereocenters. The first-order chi connectivity index (χ1) is 7.50. The van der Waals surface area contributed by atoms with Gasteiger partial charge in [0.15, 0.2) is 0 Å². The lowest BCUT2D eigenvalue weighted by Crippen LogP contribution is -2.26. The summed E-state index contributed by atoms with van der Waals surface area (Å²) in [6.45, 7) is 4.34. The van der Waals surface area contributed by atoms with Crippen molar-refractivity contribution < 1.29 is 14.0 Å². The molecule has 0 aliphatic heterocycles. The van der Waals surface area contributed by atoms with Gasteiger partial charge in [-0.15, -0.1) is 0 Å². The Kier molecular flexibility index (Phi) is 4.89. The van der Waals surface area contributed by atoms with E-state index in [1.54, 1.807) is 0 Å². The topological polar surface area (TPSA) is 38.3 Å². The van der Waals surface area contributed by atoms with Crippen molar-refractivity contribution in [2.75, 3.05) is 6.61 Å². The van der Waals surface area contributed by atoms with Crippen molar-refractivity contribution in [1.82, 2.24) is 5.48 Å². The molecule has 88 valence electrons. The van der Waals surface area contributed by atoms with Gasteiger partial charge >= 0.3 is 0 Å². The molecule has 0 bridgehead atoms. The molecule has 0 unspecified atom stereocenters. The molecule has 0 spiro atoms. The number of rotatable bonds is 4. The predicted molar refractivity (Wildman–Crippen MR) is 62.4 cm³/mol. The Bertz CT molecular complexity index is 382. The average molecular weight is 290 g/mol. The van der Waals surface area contributed by atoms with E-state index >= 15 is 0 Å². The van der Waals surface area contributed by atoms with Crippen molar-refractivity contribution in [3.63, 3.8) is 0 Å². The third kappa shape index (κ3) is 3.90. The maximum absolute atomic E-state index is 12.9. The van der Waals surface area contributed by atoms with Gasteiger partial charge in [0.2, 0.25) is 0 Å². The molecule has 0 aliphatic carbocycles. The van der Waals surface area contributed by atoms with Crippen molar-refractivity contribution in [1.29, 1.82) is 0 Å². The van der Waals surface area contributed by atoms with E-state index in [9.17, 15) is 9.18 Å². The Labute approximate surface area is 102 Å². The standard InChI is InChI=1S/C11H13BrFNO2/c1-7(2)6-16-14-11(15)9-5-8(13)3-4-10(9)12/h3-5,7H,6H2,1-2H3,(H,14,15). The molecule has 0 fully saturated rings. The number of carbonyl (C=O) groups is 1. The van der Waals surface area contributed by atoms with Gasteiger partial charge in [0.25, 0.3) is 5.91 Å². The lowest BCUT2D eigenvalue weighted by atomic mass is 10.2. The molecule has 1 N–H and O–H groups in total. The van der Waals surface area contributed by atoms with Crippen LogP contribution in [0.2, 0.25) is 0 Å². The van der Waals surface area contributed by atoms with E-state index < -0.39 is 11.7 Å². The maximum atomic E-state index is 12.9. The van der Waals surface area contributed by atoms with E-state index in [1.807, 2.05) is 13.8 Å². The molecule has 0 saturated carbocycles. The Balaban J connectivity index is 2.62. The van der Waals surface area contributed by atoms with Crippen LogP contribution in [0.1, 0.15) is 24.2 Å². The number of hydroxylamine groups is 1. The highest BCUT2D eigenvalue weighted by atomic mass is 79.9. The van der Waals surface area contributed by atoms with Crippen LogP contribution in [-0.2, 0) is 4.84 Å². The minimum absolute atomic E-state index is 0.212. The first kappa shape index (κ1) is 13.1. The van der Waals surface area contributed by atoms with E-state index in [0.29, 0.717) is 17.0 Å². The van der Waals surface area contributed by atoms with Gasteiger partial charge in [0.05, 0.1) is 12.2 Å². The van der Waals surface area contributed by atoms with Crippen LogP contribution in [-0.4, -0.2) is 12.5 Å². The highest BCUT2D eigenvalue weighted by molar-refractivity contribution is 9.10. The summed E-state index contributed by atoms with van der Waals surface area (Å²) in [7, 11) is 0. The van der Waals surface area contributed by atoms with Gasteiger partial charge in [-0.25, -0.2) is 9.87 Å². The van der Waals surface area contributed by atoms with Gasteiger partial charge < -0.3 is 0 Å². The fraction of sp³-hybridized carbons (Fsp3) is 0.364. The molecule has 0 aliphatic rings. The van der Waals surface area contributed by atoms with Crippen molar-refractivity contribution in [3.8, 4) is 0 Å². The van der Waals surface area contributed by atoms with E-state index in [0.717, 1.165) is 6.07 Å². The van der Waals surface area contributed by atoms with Crippen molar-refractivity contribution in [2.45, 2.75) is 13.8 Å². The number of nitrogens with one attached hydrogen (secondary N) is 1. The van der Waals surface area contributed by atoms with Gasteiger partial charge in [-0.05, 0) is 40.0 Å². The fourth-order valence-corrected chi connectivity index (χ4v) is 1.43. The number of hydrogen-bond acceptors (Lipinski definition) is 2. The first-order valence-electron chi connectivity index (χ1n) is 4.88. The Hall–Kier alpha value is -0.940. The number of hydrogen-bond donors (Lipinski definition) is 1. The third-order valence-corrected chi connectivity index (χ3v) is 2.45. The van der Waals surface area contributed by atoms with Crippen LogP contribution >= 0.6 is 15.9 Å². The molecule has 0 saturated heterocycles. The fourth-order valence-electron chi connectivity index (χ4n) is 1.00. The second-order valence-electron chi connectivity index (χ2n) is 3.76. The van der Waals surface area contributed by atoms with Crippen LogP contribution in [0.15, 0.2) is 22.7 Å². The van der Waals surface area contributed by atoms with Crippen LogP contribution in [0.4, 0.5) is 4.39 Å². The smallest absolute Gasteiger partial charge is 0.273 e. The largest absolute Gasteiger partial charge is 0.276 e. The molecule has 1 amide bonds. The quantitative estimate of drug-likeness (QED) is 0.866. The predicted octanol–water partition coefficient (Wildman–Crippen LogP) is 2.91. The molecule has 0 radical (unpaired) electrons. The molecule has 5 heteroatoms. The van der Waals surface area contributed by atoms with E-state index in [1.165, 1.54) is 12.1 Å². The van der Waals surface area contributed by atoms with Gasteiger partial charge in [0, 0.05) is 4.47 Å². The molecule has 1 rings (SSSR count). The molecule has 16 heavy (non-hydrogen) atoms. The van der Waals surface area contributed by atoms with E-state index in [-0.39, 0.29) is 5.56 Å². The maximum Gasteiger partial charge on any atom is 0.276 e. The molecule has 1 aromatic rings. The zero-order valence-electron chi connectivity index (χ0n) is 9.09. The second-order valence-corrected chi connectivity index (χ2v) is 4.61. The molecular weight excluding hydrogens is 277 g/mol. The molecule has 0 aromatic heterocycles. The summed E-state index contributed by atoms with van der Waals surface area (Å²) in [5, 5.41) is 0. The minimum Gasteiger partial charge on any atom is -0.273 e. The summed E-state index contributed by atoms with van der Waals surface area (Å²) in [4.78, 5) is 16.5. The zero-order chi connectivity index (χ0) is 12.1. The Morgan fingerprint density at radius 1 is 1.56 bits per heavy atom. The van der Waals surface area contributed by atoms with Crippen LogP contribution < -0.4 is 5.48 Å². The highest BCUT2D eigenvalue weighted by Crippen LogP contribution is 2.17. The molecule has 3 nitrogen and oxygen atoms in total. The van der Waals surface area contributed by atoms with Crippen LogP contribution in [0, 0.1) is 11.7 Å². The molecule has 0 heterocycles. The van der Waals surface area contributed by atoms with Crippen molar-refractivity contribution in [2.24, 2.45) is 5.92 Å². The second kappa shape index (κ2) is 5.96. The lowest BCUT2D eigenvalue weighted by Gasteiger charge is -2.08.